The number of hydrazone groups is 1. The average molecular weight is 480 g/mol. The quantitative estimate of drug-likeness (QED) is 0.363. The monoisotopic (exact) mass is 479 g/mol. The Morgan fingerprint density at radius 2 is 1.68 bits per heavy atom. The lowest BCUT2D eigenvalue weighted by molar-refractivity contribution is 0.0955. The first-order valence-corrected chi connectivity index (χ1v) is 12.7. The van der Waals surface area contributed by atoms with E-state index in [1.807, 2.05) is 57.2 Å². The Labute approximate surface area is 201 Å². The van der Waals surface area contributed by atoms with E-state index >= 15 is 0 Å². The van der Waals surface area contributed by atoms with Crippen LogP contribution in [0.3, 0.4) is 0 Å². The summed E-state index contributed by atoms with van der Waals surface area (Å²) in [4.78, 5) is 12.4. The molecule has 0 fully saturated rings. The molecule has 0 saturated carbocycles. The van der Waals surface area contributed by atoms with E-state index in [0.717, 1.165) is 28.0 Å². The molecule has 3 aromatic rings. The number of nitrogens with one attached hydrogen (secondary N) is 1. The summed E-state index contributed by atoms with van der Waals surface area (Å²) in [5.41, 5.74) is 7.23. The molecule has 178 valence electrons. The maximum Gasteiger partial charge on any atom is 0.271 e. The highest BCUT2D eigenvalue weighted by atomic mass is 32.2. The number of amides is 1. The molecule has 0 heterocycles. The molecule has 0 atom stereocenters. The molecule has 1 N–H and O–H groups in total. The topological polar surface area (TPSA) is 88.1 Å². The minimum absolute atomic E-state index is 0.166. The minimum Gasteiger partial charge on any atom is -0.494 e. The Bertz CT molecular complexity index is 1270. The lowest BCUT2D eigenvalue weighted by Gasteiger charge is -2.23. The third-order valence-electron chi connectivity index (χ3n) is 5.29. The zero-order chi connectivity index (χ0) is 24.7. The summed E-state index contributed by atoms with van der Waals surface area (Å²) in [6.45, 7) is 6.62. The summed E-state index contributed by atoms with van der Waals surface area (Å²) >= 11 is 0. The minimum atomic E-state index is -3.49. The smallest absolute Gasteiger partial charge is 0.271 e. The molecule has 8 heteroatoms. The zero-order valence-corrected chi connectivity index (χ0v) is 20.6. The highest BCUT2D eigenvalue weighted by molar-refractivity contribution is 7.92. The van der Waals surface area contributed by atoms with Crippen molar-refractivity contribution >= 4 is 27.8 Å². The second-order valence-electron chi connectivity index (χ2n) is 7.94. The van der Waals surface area contributed by atoms with Gasteiger partial charge in [0.1, 0.15) is 5.75 Å². The Kier molecular flexibility index (Phi) is 8.07. The van der Waals surface area contributed by atoms with Crippen LogP contribution in [0.15, 0.2) is 71.8 Å². The van der Waals surface area contributed by atoms with Crippen molar-refractivity contribution < 1.29 is 17.9 Å². The largest absolute Gasteiger partial charge is 0.494 e. The highest BCUT2D eigenvalue weighted by Crippen LogP contribution is 2.23. The van der Waals surface area contributed by atoms with Crippen LogP contribution in [0.1, 0.15) is 39.5 Å². The molecule has 0 aliphatic carbocycles. The zero-order valence-electron chi connectivity index (χ0n) is 19.8. The first-order valence-electron chi connectivity index (χ1n) is 10.9. The maximum atomic E-state index is 12.4. The van der Waals surface area contributed by atoms with Gasteiger partial charge in [0, 0.05) is 5.56 Å². The fourth-order valence-corrected chi connectivity index (χ4v) is 4.13. The Morgan fingerprint density at radius 1 is 1.00 bits per heavy atom. The van der Waals surface area contributed by atoms with Gasteiger partial charge < -0.3 is 4.74 Å². The van der Waals surface area contributed by atoms with Crippen LogP contribution in [0.5, 0.6) is 5.75 Å². The van der Waals surface area contributed by atoms with Crippen molar-refractivity contribution in [3.8, 4) is 5.75 Å². The van der Waals surface area contributed by atoms with E-state index in [1.165, 1.54) is 10.6 Å². The lowest BCUT2D eigenvalue weighted by atomic mass is 10.1. The first kappa shape index (κ1) is 25.0. The predicted octanol–water partition coefficient (Wildman–Crippen LogP) is 4.43. The summed E-state index contributed by atoms with van der Waals surface area (Å²) in [6.07, 6.45) is 2.74. The number of anilines is 1. The summed E-state index contributed by atoms with van der Waals surface area (Å²) in [6, 6.07) is 19.7. The van der Waals surface area contributed by atoms with Crippen molar-refractivity contribution in [3.05, 3.63) is 94.5 Å². The number of benzene rings is 3. The Morgan fingerprint density at radius 3 is 2.26 bits per heavy atom. The molecule has 0 saturated heterocycles. The summed E-state index contributed by atoms with van der Waals surface area (Å²) < 4.78 is 31.6. The molecular formula is C26H29N3O4S. The molecule has 7 nitrogen and oxygen atoms in total. The van der Waals surface area contributed by atoms with Crippen molar-refractivity contribution in [1.82, 2.24) is 5.43 Å². The lowest BCUT2D eigenvalue weighted by Crippen LogP contribution is -2.29. The molecule has 34 heavy (non-hydrogen) atoms. The number of nitrogens with zero attached hydrogens (tertiary/aromatic N) is 2. The summed E-state index contributed by atoms with van der Waals surface area (Å²) in [5, 5.41) is 4.00. The predicted molar refractivity (Wildman–Crippen MR) is 136 cm³/mol. The molecule has 3 rings (SSSR count). The number of aryl methyl sites for hydroxylation is 2. The number of rotatable bonds is 9. The molecule has 0 aromatic heterocycles. The van der Waals surface area contributed by atoms with Gasteiger partial charge >= 0.3 is 0 Å². The second kappa shape index (κ2) is 11.0. The van der Waals surface area contributed by atoms with E-state index < -0.39 is 10.0 Å². The highest BCUT2D eigenvalue weighted by Gasteiger charge is 2.18. The van der Waals surface area contributed by atoms with Crippen molar-refractivity contribution in [2.24, 2.45) is 5.10 Å². The van der Waals surface area contributed by atoms with E-state index in [-0.39, 0.29) is 12.5 Å². The number of hydrogen-bond donors (Lipinski definition) is 1. The molecule has 0 unspecified atom stereocenters. The summed E-state index contributed by atoms with van der Waals surface area (Å²) in [7, 11) is -3.49. The second-order valence-corrected chi connectivity index (χ2v) is 9.84. The van der Waals surface area contributed by atoms with Gasteiger partial charge in [0.05, 0.1) is 31.3 Å². The van der Waals surface area contributed by atoms with Crippen molar-refractivity contribution in [3.63, 3.8) is 0 Å². The molecule has 0 spiro atoms. The number of ether oxygens (including phenoxy) is 1. The number of carbonyl (C=O) groups excluding carboxylic acids is 1. The molecule has 0 bridgehead atoms. The summed E-state index contributed by atoms with van der Waals surface area (Å²) in [5.74, 6) is 0.415. The van der Waals surface area contributed by atoms with E-state index in [4.69, 9.17) is 4.74 Å². The van der Waals surface area contributed by atoms with Gasteiger partial charge in [-0.15, -0.1) is 0 Å². The van der Waals surface area contributed by atoms with Gasteiger partial charge in [-0.1, -0.05) is 18.2 Å². The number of carbonyl (C=O) groups is 1. The van der Waals surface area contributed by atoms with Gasteiger partial charge in [-0.05, 0) is 91.6 Å². The van der Waals surface area contributed by atoms with Crippen LogP contribution < -0.4 is 14.5 Å². The maximum absolute atomic E-state index is 12.4. The van der Waals surface area contributed by atoms with Gasteiger partial charge in [0.2, 0.25) is 10.0 Å². The van der Waals surface area contributed by atoms with Crippen molar-refractivity contribution in [2.75, 3.05) is 17.2 Å². The fourth-order valence-electron chi connectivity index (χ4n) is 3.25. The van der Waals surface area contributed by atoms with E-state index in [9.17, 15) is 13.2 Å². The standard InChI is InChI=1S/C26H29N3O4S/c1-5-33-25-14-9-21(10-15-25)17-27-28-26(30)23-11-7-22(8-12-23)18-29(34(4,31)32)24-13-6-19(2)20(3)16-24/h6-17H,5,18H2,1-4H3,(H,28,30)/b27-17+. The van der Waals surface area contributed by atoms with Crippen LogP contribution >= 0.6 is 0 Å². The third kappa shape index (κ3) is 6.68. The van der Waals surface area contributed by atoms with Crippen LogP contribution in [0.2, 0.25) is 0 Å². The Hall–Kier alpha value is -3.65. The molecule has 0 aliphatic rings. The third-order valence-corrected chi connectivity index (χ3v) is 6.43. The van der Waals surface area contributed by atoms with Crippen LogP contribution in [0.4, 0.5) is 5.69 Å². The molecule has 0 radical (unpaired) electrons. The Balaban J connectivity index is 1.65. The van der Waals surface area contributed by atoms with Gasteiger partial charge in [-0.2, -0.15) is 5.10 Å². The first-order chi connectivity index (χ1) is 16.2. The van der Waals surface area contributed by atoms with Gasteiger partial charge in [0.25, 0.3) is 5.91 Å². The molecule has 1 amide bonds. The number of hydrogen-bond acceptors (Lipinski definition) is 5. The van der Waals surface area contributed by atoms with Gasteiger partial charge in [-0.25, -0.2) is 13.8 Å². The normalized spacial score (nSPS) is 11.4. The van der Waals surface area contributed by atoms with E-state index in [2.05, 4.69) is 10.5 Å². The van der Waals surface area contributed by atoms with Crippen molar-refractivity contribution in [1.29, 1.82) is 0 Å². The van der Waals surface area contributed by atoms with Crippen LogP contribution in [0, 0.1) is 13.8 Å². The van der Waals surface area contributed by atoms with Gasteiger partial charge in [0.15, 0.2) is 0 Å². The molecular weight excluding hydrogens is 450 g/mol. The fraction of sp³-hybridized carbons (Fsp3) is 0.231. The SMILES string of the molecule is CCOc1ccc(/C=N/NC(=O)c2ccc(CN(c3ccc(C)c(C)c3)S(C)(=O)=O)cc2)cc1. The van der Waals surface area contributed by atoms with Crippen LogP contribution in [-0.4, -0.2) is 33.4 Å². The van der Waals surface area contributed by atoms with E-state index in [0.29, 0.717) is 17.9 Å². The van der Waals surface area contributed by atoms with Gasteiger partial charge in [-0.3, -0.25) is 9.10 Å². The van der Waals surface area contributed by atoms with Crippen LogP contribution in [-0.2, 0) is 16.6 Å². The number of sulfonamides is 1. The van der Waals surface area contributed by atoms with E-state index in [1.54, 1.807) is 36.5 Å². The van der Waals surface area contributed by atoms with Crippen LogP contribution in [0.25, 0.3) is 0 Å². The molecule has 3 aromatic carbocycles. The molecule has 0 aliphatic heterocycles. The average Bonchev–Trinajstić information content (AvgIpc) is 2.80. The van der Waals surface area contributed by atoms with Crippen molar-refractivity contribution in [2.45, 2.75) is 27.3 Å².